The number of carbonyl (C=O) groups is 2. The van der Waals surface area contributed by atoms with Crippen molar-refractivity contribution in [1.29, 1.82) is 0 Å². The second-order valence-corrected chi connectivity index (χ2v) is 5.92. The van der Waals surface area contributed by atoms with Crippen molar-refractivity contribution in [3.63, 3.8) is 0 Å². The molecule has 2 atom stereocenters. The SMILES string of the molecule is O=C1[C@@H]2CNC[C@]2(C(=O)O)CN1CCCOc1ccccc1. The molecule has 1 aromatic rings. The third-order valence-corrected chi connectivity index (χ3v) is 4.55. The summed E-state index contributed by atoms with van der Waals surface area (Å²) in [6.07, 6.45) is 0.691. The number of carboxylic acid groups (broad SMARTS) is 1. The maximum Gasteiger partial charge on any atom is 0.313 e. The Morgan fingerprint density at radius 3 is 2.86 bits per heavy atom. The van der Waals surface area contributed by atoms with E-state index in [4.69, 9.17) is 4.74 Å². The lowest BCUT2D eigenvalue weighted by atomic mass is 9.81. The number of likely N-dealkylation sites (tertiary alicyclic amines) is 1. The molecule has 2 saturated heterocycles. The number of benzene rings is 1. The van der Waals surface area contributed by atoms with E-state index in [1.165, 1.54) is 0 Å². The van der Waals surface area contributed by atoms with Gasteiger partial charge < -0.3 is 20.1 Å². The van der Waals surface area contributed by atoms with E-state index in [1.807, 2.05) is 30.3 Å². The van der Waals surface area contributed by atoms with E-state index >= 15 is 0 Å². The highest BCUT2D eigenvalue weighted by molar-refractivity contribution is 5.92. The van der Waals surface area contributed by atoms with Crippen LogP contribution >= 0.6 is 0 Å². The fraction of sp³-hybridized carbons (Fsp3) is 0.500. The van der Waals surface area contributed by atoms with E-state index in [9.17, 15) is 14.7 Å². The molecule has 0 aromatic heterocycles. The number of nitrogens with zero attached hydrogens (tertiary/aromatic N) is 1. The summed E-state index contributed by atoms with van der Waals surface area (Å²) in [7, 11) is 0. The minimum Gasteiger partial charge on any atom is -0.494 e. The Morgan fingerprint density at radius 2 is 2.18 bits per heavy atom. The monoisotopic (exact) mass is 304 g/mol. The van der Waals surface area contributed by atoms with Crippen LogP contribution in [0, 0.1) is 11.3 Å². The Morgan fingerprint density at radius 1 is 1.41 bits per heavy atom. The van der Waals surface area contributed by atoms with Gasteiger partial charge in [-0.3, -0.25) is 9.59 Å². The zero-order chi connectivity index (χ0) is 15.6. The molecule has 0 spiro atoms. The first kappa shape index (κ1) is 14.8. The summed E-state index contributed by atoms with van der Waals surface area (Å²) in [6, 6.07) is 9.51. The Hall–Kier alpha value is -2.08. The summed E-state index contributed by atoms with van der Waals surface area (Å²) < 4.78 is 5.60. The van der Waals surface area contributed by atoms with Crippen molar-refractivity contribution in [2.45, 2.75) is 6.42 Å². The minimum atomic E-state index is -0.947. The van der Waals surface area contributed by atoms with Crippen LogP contribution in [0.25, 0.3) is 0 Å². The third kappa shape index (κ3) is 2.54. The molecule has 118 valence electrons. The van der Waals surface area contributed by atoms with Gasteiger partial charge in [0.2, 0.25) is 5.91 Å². The molecule has 2 aliphatic rings. The molecule has 0 unspecified atom stereocenters. The second kappa shape index (κ2) is 5.96. The van der Waals surface area contributed by atoms with Gasteiger partial charge in [-0.25, -0.2) is 0 Å². The molecule has 2 heterocycles. The van der Waals surface area contributed by atoms with Crippen LogP contribution < -0.4 is 10.1 Å². The third-order valence-electron chi connectivity index (χ3n) is 4.55. The summed E-state index contributed by atoms with van der Waals surface area (Å²) in [5.41, 5.74) is -0.947. The first-order valence-electron chi connectivity index (χ1n) is 7.54. The van der Waals surface area contributed by atoms with Crippen molar-refractivity contribution in [3.8, 4) is 5.75 Å². The Balaban J connectivity index is 1.52. The van der Waals surface area contributed by atoms with E-state index < -0.39 is 17.3 Å². The molecule has 0 bridgehead atoms. The van der Waals surface area contributed by atoms with Crippen LogP contribution in [0.4, 0.5) is 0 Å². The van der Waals surface area contributed by atoms with Gasteiger partial charge >= 0.3 is 5.97 Å². The van der Waals surface area contributed by atoms with Crippen LogP contribution in [0.3, 0.4) is 0 Å². The molecule has 2 aliphatic heterocycles. The van der Waals surface area contributed by atoms with Crippen molar-refractivity contribution in [2.24, 2.45) is 11.3 Å². The van der Waals surface area contributed by atoms with Crippen molar-refractivity contribution in [2.75, 3.05) is 32.8 Å². The fourth-order valence-electron chi connectivity index (χ4n) is 3.33. The van der Waals surface area contributed by atoms with Gasteiger partial charge in [-0.2, -0.15) is 0 Å². The van der Waals surface area contributed by atoms with Gasteiger partial charge in [-0.05, 0) is 18.6 Å². The van der Waals surface area contributed by atoms with Crippen LogP contribution in [-0.4, -0.2) is 54.7 Å². The predicted octanol–water partition coefficient (Wildman–Crippen LogP) is 0.588. The maximum absolute atomic E-state index is 12.3. The fourth-order valence-corrected chi connectivity index (χ4v) is 3.33. The van der Waals surface area contributed by atoms with Crippen LogP contribution in [0.5, 0.6) is 5.75 Å². The molecule has 6 nitrogen and oxygen atoms in total. The molecular formula is C16H20N2O4. The molecule has 0 aliphatic carbocycles. The van der Waals surface area contributed by atoms with Crippen LogP contribution in [0.15, 0.2) is 30.3 Å². The lowest BCUT2D eigenvalue weighted by molar-refractivity contribution is -0.149. The molecule has 1 aromatic carbocycles. The number of fused-ring (bicyclic) bond motifs is 1. The number of hydrogen-bond donors (Lipinski definition) is 2. The average molecular weight is 304 g/mol. The van der Waals surface area contributed by atoms with E-state index in [1.54, 1.807) is 4.90 Å². The van der Waals surface area contributed by atoms with Gasteiger partial charge in [-0.15, -0.1) is 0 Å². The number of carbonyl (C=O) groups excluding carboxylic acids is 1. The highest BCUT2D eigenvalue weighted by Crippen LogP contribution is 2.40. The van der Waals surface area contributed by atoms with Gasteiger partial charge in [0.15, 0.2) is 0 Å². The van der Waals surface area contributed by atoms with Crippen LogP contribution in [0.1, 0.15) is 6.42 Å². The number of para-hydroxylation sites is 1. The van der Waals surface area contributed by atoms with Gasteiger partial charge in [-0.1, -0.05) is 18.2 Å². The van der Waals surface area contributed by atoms with Crippen molar-refractivity contribution >= 4 is 11.9 Å². The predicted molar refractivity (Wildman–Crippen MR) is 79.6 cm³/mol. The molecule has 2 fully saturated rings. The molecule has 6 heteroatoms. The van der Waals surface area contributed by atoms with E-state index in [2.05, 4.69) is 5.32 Å². The van der Waals surface area contributed by atoms with Gasteiger partial charge in [0, 0.05) is 26.2 Å². The Labute approximate surface area is 129 Å². The number of amides is 1. The molecule has 3 rings (SSSR count). The number of carboxylic acids is 1. The standard InChI is InChI=1S/C16H20N2O4/c19-14-13-9-17-10-16(13,15(20)21)11-18(14)7-4-8-22-12-5-2-1-3-6-12/h1-3,5-6,13,17H,4,7-11H2,(H,20,21)/t13-,16-/m0/s1. The highest BCUT2D eigenvalue weighted by atomic mass is 16.5. The Kier molecular flexibility index (Phi) is 4.02. The zero-order valence-electron chi connectivity index (χ0n) is 12.3. The van der Waals surface area contributed by atoms with Crippen molar-refractivity contribution in [1.82, 2.24) is 10.2 Å². The molecule has 2 N–H and O–H groups in total. The molecule has 0 radical (unpaired) electrons. The largest absolute Gasteiger partial charge is 0.494 e. The zero-order valence-corrected chi connectivity index (χ0v) is 12.3. The normalized spacial score (nSPS) is 27.0. The number of ether oxygens (including phenoxy) is 1. The lowest BCUT2D eigenvalue weighted by Crippen LogP contribution is -2.40. The van der Waals surface area contributed by atoms with E-state index in [-0.39, 0.29) is 5.91 Å². The number of hydrogen-bond acceptors (Lipinski definition) is 4. The van der Waals surface area contributed by atoms with Crippen LogP contribution in [-0.2, 0) is 9.59 Å². The average Bonchev–Trinajstić information content (AvgIpc) is 3.05. The first-order chi connectivity index (χ1) is 10.6. The van der Waals surface area contributed by atoms with Gasteiger partial charge in [0.05, 0.1) is 12.5 Å². The number of aliphatic carboxylic acids is 1. The van der Waals surface area contributed by atoms with E-state index in [0.29, 0.717) is 39.2 Å². The Bertz CT molecular complexity index is 563. The number of nitrogens with one attached hydrogen (secondary N) is 1. The summed E-state index contributed by atoms with van der Waals surface area (Å²) in [5, 5.41) is 12.5. The highest BCUT2D eigenvalue weighted by Gasteiger charge is 2.59. The molecule has 22 heavy (non-hydrogen) atoms. The topological polar surface area (TPSA) is 78.9 Å². The van der Waals surface area contributed by atoms with Crippen molar-refractivity contribution < 1.29 is 19.4 Å². The van der Waals surface area contributed by atoms with E-state index in [0.717, 1.165) is 5.75 Å². The molecule has 1 amide bonds. The number of rotatable bonds is 6. The summed E-state index contributed by atoms with van der Waals surface area (Å²) in [6.45, 7) is 2.18. The lowest BCUT2D eigenvalue weighted by Gasteiger charge is -2.22. The van der Waals surface area contributed by atoms with Gasteiger partial charge in [0.1, 0.15) is 11.2 Å². The maximum atomic E-state index is 12.3. The summed E-state index contributed by atoms with van der Waals surface area (Å²) >= 11 is 0. The van der Waals surface area contributed by atoms with Gasteiger partial charge in [0.25, 0.3) is 0 Å². The summed E-state index contributed by atoms with van der Waals surface area (Å²) in [4.78, 5) is 25.6. The quantitative estimate of drug-likeness (QED) is 0.752. The molecular weight excluding hydrogens is 284 g/mol. The molecule has 0 saturated carbocycles. The smallest absolute Gasteiger partial charge is 0.313 e. The first-order valence-corrected chi connectivity index (χ1v) is 7.54. The summed E-state index contributed by atoms with van der Waals surface area (Å²) in [5.74, 6) is -0.552. The van der Waals surface area contributed by atoms with Crippen LogP contribution in [0.2, 0.25) is 0 Å². The van der Waals surface area contributed by atoms with Crippen molar-refractivity contribution in [3.05, 3.63) is 30.3 Å². The minimum absolute atomic E-state index is 0.0490. The second-order valence-electron chi connectivity index (χ2n) is 5.92.